The van der Waals surface area contributed by atoms with E-state index in [4.69, 9.17) is 0 Å². The molecular weight excluding hydrogens is 275 g/mol. The Kier molecular flexibility index (Phi) is 2.98. The van der Waals surface area contributed by atoms with E-state index in [1.54, 1.807) is 6.08 Å². The quantitative estimate of drug-likeness (QED) is 0.523. The van der Waals surface area contributed by atoms with Crippen LogP contribution in [0.25, 0.3) is 11.6 Å². The molecule has 5 nitrogen and oxygen atoms in total. The summed E-state index contributed by atoms with van der Waals surface area (Å²) in [5.74, 6) is -0.756. The number of nitro benzene ring substituents is 1. The topological polar surface area (TPSA) is 72.2 Å². The molecular formula is C15H9FN2O3. The molecule has 0 fully saturated rings. The number of carbonyl (C=O) groups is 1. The summed E-state index contributed by atoms with van der Waals surface area (Å²) < 4.78 is 13.3. The average molecular weight is 284 g/mol. The fourth-order valence-electron chi connectivity index (χ4n) is 2.16. The van der Waals surface area contributed by atoms with Gasteiger partial charge in [-0.3, -0.25) is 14.9 Å². The summed E-state index contributed by atoms with van der Waals surface area (Å²) in [5.41, 5.74) is 1.97. The first-order valence-corrected chi connectivity index (χ1v) is 6.12. The van der Waals surface area contributed by atoms with Gasteiger partial charge < -0.3 is 5.32 Å². The molecule has 0 radical (unpaired) electrons. The van der Waals surface area contributed by atoms with Crippen LogP contribution in [0.2, 0.25) is 0 Å². The zero-order valence-corrected chi connectivity index (χ0v) is 10.7. The molecule has 1 aliphatic rings. The molecule has 0 saturated carbocycles. The summed E-state index contributed by atoms with van der Waals surface area (Å²) in [6.07, 6.45) is 1.57. The van der Waals surface area contributed by atoms with E-state index in [1.807, 2.05) is 0 Å². The van der Waals surface area contributed by atoms with Gasteiger partial charge in [-0.15, -0.1) is 0 Å². The van der Waals surface area contributed by atoms with Gasteiger partial charge >= 0.3 is 0 Å². The number of non-ortho nitro benzene ring substituents is 1. The number of hydrogen-bond donors (Lipinski definition) is 1. The van der Waals surface area contributed by atoms with E-state index in [1.165, 1.54) is 42.5 Å². The Bertz CT molecular complexity index is 782. The summed E-state index contributed by atoms with van der Waals surface area (Å²) >= 11 is 0. The Morgan fingerprint density at radius 2 is 1.86 bits per heavy atom. The van der Waals surface area contributed by atoms with Gasteiger partial charge in [0.15, 0.2) is 0 Å². The molecule has 0 spiro atoms. The van der Waals surface area contributed by atoms with Crippen LogP contribution in [0.15, 0.2) is 42.5 Å². The molecule has 104 valence electrons. The lowest BCUT2D eigenvalue weighted by molar-refractivity contribution is -0.384. The van der Waals surface area contributed by atoms with Crippen LogP contribution in [0.1, 0.15) is 11.1 Å². The van der Waals surface area contributed by atoms with Crippen molar-refractivity contribution in [2.75, 3.05) is 5.32 Å². The highest BCUT2D eigenvalue weighted by Crippen LogP contribution is 2.33. The predicted molar refractivity (Wildman–Crippen MR) is 76.0 cm³/mol. The normalized spacial score (nSPS) is 14.9. The van der Waals surface area contributed by atoms with Crippen molar-refractivity contribution in [3.05, 3.63) is 69.5 Å². The largest absolute Gasteiger partial charge is 0.321 e. The Morgan fingerprint density at radius 1 is 1.14 bits per heavy atom. The number of hydrogen-bond acceptors (Lipinski definition) is 3. The van der Waals surface area contributed by atoms with Gasteiger partial charge in [0.25, 0.3) is 11.6 Å². The Hall–Kier alpha value is -3.02. The van der Waals surface area contributed by atoms with Gasteiger partial charge in [0.05, 0.1) is 4.92 Å². The predicted octanol–water partition coefficient (Wildman–Crippen LogP) is 3.23. The first-order valence-electron chi connectivity index (χ1n) is 6.12. The summed E-state index contributed by atoms with van der Waals surface area (Å²) in [7, 11) is 0. The van der Waals surface area contributed by atoms with Gasteiger partial charge in [0.2, 0.25) is 0 Å². The van der Waals surface area contributed by atoms with Gasteiger partial charge in [-0.2, -0.15) is 0 Å². The van der Waals surface area contributed by atoms with Crippen LogP contribution < -0.4 is 5.32 Å². The maximum atomic E-state index is 13.3. The molecule has 3 rings (SSSR count). The number of anilines is 1. The van der Waals surface area contributed by atoms with Gasteiger partial charge in [-0.05, 0) is 42.0 Å². The monoisotopic (exact) mass is 284 g/mol. The maximum absolute atomic E-state index is 13.3. The van der Waals surface area contributed by atoms with Crippen LogP contribution in [0.4, 0.5) is 15.8 Å². The van der Waals surface area contributed by atoms with Crippen molar-refractivity contribution >= 4 is 28.9 Å². The third-order valence-electron chi connectivity index (χ3n) is 3.18. The second-order valence-corrected chi connectivity index (χ2v) is 4.55. The molecule has 2 aromatic rings. The zero-order valence-electron chi connectivity index (χ0n) is 10.7. The SMILES string of the molecule is O=C1Nc2ccc(F)cc2/C1=C/c1ccc([N+](=O)[O-])cc1. The molecule has 0 saturated heterocycles. The highest BCUT2D eigenvalue weighted by atomic mass is 19.1. The van der Waals surface area contributed by atoms with Crippen molar-refractivity contribution in [2.45, 2.75) is 0 Å². The van der Waals surface area contributed by atoms with Crippen LogP contribution in [0.3, 0.4) is 0 Å². The molecule has 6 heteroatoms. The molecule has 0 atom stereocenters. The molecule has 2 aromatic carbocycles. The number of nitro groups is 1. The molecule has 1 aliphatic heterocycles. The minimum atomic E-state index is -0.496. The lowest BCUT2D eigenvalue weighted by Gasteiger charge is -1.99. The third-order valence-corrected chi connectivity index (χ3v) is 3.18. The van der Waals surface area contributed by atoms with Crippen molar-refractivity contribution in [1.29, 1.82) is 0 Å². The lowest BCUT2D eigenvalue weighted by Crippen LogP contribution is -2.03. The number of nitrogens with zero attached hydrogens (tertiary/aromatic N) is 1. The second-order valence-electron chi connectivity index (χ2n) is 4.55. The van der Waals surface area contributed by atoms with Gasteiger partial charge in [-0.25, -0.2) is 4.39 Å². The maximum Gasteiger partial charge on any atom is 0.269 e. The number of benzene rings is 2. The molecule has 21 heavy (non-hydrogen) atoms. The van der Waals surface area contributed by atoms with E-state index in [-0.39, 0.29) is 11.6 Å². The summed E-state index contributed by atoms with van der Waals surface area (Å²) in [6.45, 7) is 0. The summed E-state index contributed by atoms with van der Waals surface area (Å²) in [5, 5.41) is 13.2. The van der Waals surface area contributed by atoms with Gasteiger partial charge in [0, 0.05) is 29.0 Å². The molecule has 0 unspecified atom stereocenters. The van der Waals surface area contributed by atoms with Crippen molar-refractivity contribution in [1.82, 2.24) is 0 Å². The van der Waals surface area contributed by atoms with E-state index in [0.29, 0.717) is 22.4 Å². The van der Waals surface area contributed by atoms with Crippen LogP contribution in [-0.2, 0) is 4.79 Å². The smallest absolute Gasteiger partial charge is 0.269 e. The molecule has 0 bridgehead atoms. The minimum Gasteiger partial charge on any atom is -0.321 e. The first-order chi connectivity index (χ1) is 10.0. The van der Waals surface area contributed by atoms with Gasteiger partial charge in [0.1, 0.15) is 5.82 Å². The van der Waals surface area contributed by atoms with E-state index < -0.39 is 10.7 Å². The van der Waals surface area contributed by atoms with Gasteiger partial charge in [-0.1, -0.05) is 0 Å². The fourth-order valence-corrected chi connectivity index (χ4v) is 2.16. The number of carbonyl (C=O) groups excluding carboxylic acids is 1. The van der Waals surface area contributed by atoms with Crippen molar-refractivity contribution in [3.63, 3.8) is 0 Å². The Balaban J connectivity index is 2.02. The number of fused-ring (bicyclic) bond motifs is 1. The Morgan fingerprint density at radius 3 is 2.52 bits per heavy atom. The van der Waals surface area contributed by atoms with Crippen LogP contribution in [-0.4, -0.2) is 10.8 Å². The van der Waals surface area contributed by atoms with Crippen molar-refractivity contribution in [3.8, 4) is 0 Å². The van der Waals surface area contributed by atoms with E-state index in [2.05, 4.69) is 5.32 Å². The molecule has 1 amide bonds. The van der Waals surface area contributed by atoms with E-state index in [9.17, 15) is 19.3 Å². The minimum absolute atomic E-state index is 0.0283. The van der Waals surface area contributed by atoms with Crippen molar-refractivity contribution < 1.29 is 14.1 Å². The van der Waals surface area contributed by atoms with Crippen LogP contribution in [0, 0.1) is 15.9 Å². The summed E-state index contributed by atoms with van der Waals surface area (Å²) in [6, 6.07) is 9.83. The summed E-state index contributed by atoms with van der Waals surface area (Å²) in [4.78, 5) is 22.0. The number of amides is 1. The number of halogens is 1. The molecule has 1 heterocycles. The Labute approximate surface area is 118 Å². The fraction of sp³-hybridized carbons (Fsp3) is 0. The second kappa shape index (κ2) is 4.82. The first kappa shape index (κ1) is 13.0. The highest BCUT2D eigenvalue weighted by Gasteiger charge is 2.24. The van der Waals surface area contributed by atoms with E-state index >= 15 is 0 Å². The van der Waals surface area contributed by atoms with Crippen LogP contribution >= 0.6 is 0 Å². The molecule has 0 aliphatic carbocycles. The molecule has 1 N–H and O–H groups in total. The average Bonchev–Trinajstić information content (AvgIpc) is 2.76. The standard InChI is InChI=1S/C15H9FN2O3/c16-10-3-6-14-12(8-10)13(15(19)17-14)7-9-1-4-11(5-2-9)18(20)21/h1-8H,(H,17,19)/b13-7-. The van der Waals surface area contributed by atoms with E-state index in [0.717, 1.165) is 0 Å². The van der Waals surface area contributed by atoms with Crippen LogP contribution in [0.5, 0.6) is 0 Å². The third kappa shape index (κ3) is 2.38. The molecule has 0 aromatic heterocycles. The van der Waals surface area contributed by atoms with Crippen molar-refractivity contribution in [2.24, 2.45) is 0 Å². The highest BCUT2D eigenvalue weighted by molar-refractivity contribution is 6.34. The number of nitrogens with one attached hydrogen (secondary N) is 1. The number of rotatable bonds is 2. The zero-order chi connectivity index (χ0) is 15.0. The lowest BCUT2D eigenvalue weighted by atomic mass is 10.0.